The fourth-order valence-corrected chi connectivity index (χ4v) is 2.48. The van der Waals surface area contributed by atoms with Crippen LogP contribution in [-0.4, -0.2) is 42.2 Å². The quantitative estimate of drug-likeness (QED) is 0.643. The van der Waals surface area contributed by atoms with Gasteiger partial charge in [-0.05, 0) is 24.3 Å². The smallest absolute Gasteiger partial charge is 0.341 e. The molecule has 0 aliphatic carbocycles. The Morgan fingerprint density at radius 3 is 2.63 bits per heavy atom. The second-order valence-electron chi connectivity index (χ2n) is 5.49. The highest BCUT2D eigenvalue weighted by molar-refractivity contribution is 5.93. The molecule has 0 amide bonds. The largest absolute Gasteiger partial charge is 0.496 e. The number of pyridine rings is 1. The van der Waals surface area contributed by atoms with Gasteiger partial charge in [-0.15, -0.1) is 0 Å². The maximum atomic E-state index is 11.8. The predicted octanol–water partition coefficient (Wildman–Crippen LogP) is 3.12. The first kappa shape index (κ1) is 18.1. The molecule has 0 unspecified atom stereocenters. The minimum Gasteiger partial charge on any atom is -0.496 e. The summed E-state index contributed by atoms with van der Waals surface area (Å²) in [5.41, 5.74) is 2.65. The summed E-state index contributed by atoms with van der Waals surface area (Å²) in [6.45, 7) is 0. The lowest BCUT2D eigenvalue weighted by Gasteiger charge is -2.12. The average Bonchev–Trinajstić information content (AvgIpc) is 2.73. The van der Waals surface area contributed by atoms with E-state index in [0.29, 0.717) is 28.8 Å². The number of carbonyl (C=O) groups excluding carboxylic acids is 1. The highest BCUT2D eigenvalue weighted by atomic mass is 16.5. The molecule has 3 rings (SSSR count). The summed E-state index contributed by atoms with van der Waals surface area (Å²) in [5, 5.41) is 6.15. The molecule has 138 valence electrons. The van der Waals surface area contributed by atoms with Gasteiger partial charge < -0.3 is 20.1 Å². The molecule has 0 saturated carbocycles. The van der Waals surface area contributed by atoms with E-state index in [9.17, 15) is 4.79 Å². The monoisotopic (exact) mass is 365 g/mol. The van der Waals surface area contributed by atoms with Gasteiger partial charge in [0.15, 0.2) is 0 Å². The number of benzene rings is 1. The Bertz CT molecular complexity index is 947. The van der Waals surface area contributed by atoms with Crippen molar-refractivity contribution in [3.05, 3.63) is 54.4 Å². The summed E-state index contributed by atoms with van der Waals surface area (Å²) in [7, 11) is 4.57. The molecule has 0 saturated heterocycles. The van der Waals surface area contributed by atoms with Crippen LogP contribution in [0.5, 0.6) is 5.75 Å². The molecule has 3 aromatic rings. The van der Waals surface area contributed by atoms with Gasteiger partial charge in [-0.25, -0.2) is 9.78 Å². The van der Waals surface area contributed by atoms with Crippen LogP contribution in [0.3, 0.4) is 0 Å². The molecule has 0 radical (unpaired) electrons. The van der Waals surface area contributed by atoms with Crippen molar-refractivity contribution in [1.29, 1.82) is 0 Å². The van der Waals surface area contributed by atoms with Crippen molar-refractivity contribution >= 4 is 23.4 Å². The average molecular weight is 365 g/mol. The van der Waals surface area contributed by atoms with Crippen molar-refractivity contribution in [3.63, 3.8) is 0 Å². The van der Waals surface area contributed by atoms with Crippen molar-refractivity contribution < 1.29 is 14.3 Å². The third-order valence-corrected chi connectivity index (χ3v) is 3.79. The summed E-state index contributed by atoms with van der Waals surface area (Å²) in [5.74, 6) is 0.997. The number of hydrogen-bond donors (Lipinski definition) is 2. The van der Waals surface area contributed by atoms with Crippen molar-refractivity contribution in [2.75, 3.05) is 31.9 Å². The zero-order valence-electron chi connectivity index (χ0n) is 15.2. The van der Waals surface area contributed by atoms with Crippen LogP contribution < -0.4 is 15.4 Å². The Morgan fingerprint density at radius 2 is 1.96 bits per heavy atom. The first-order valence-electron chi connectivity index (χ1n) is 8.15. The molecule has 0 aliphatic heterocycles. The van der Waals surface area contributed by atoms with Gasteiger partial charge in [-0.3, -0.25) is 4.98 Å². The molecule has 2 aromatic heterocycles. The van der Waals surface area contributed by atoms with Crippen LogP contribution >= 0.6 is 0 Å². The van der Waals surface area contributed by atoms with Crippen LogP contribution in [0, 0.1) is 0 Å². The number of anilines is 3. The van der Waals surface area contributed by atoms with Crippen LogP contribution in [0.2, 0.25) is 0 Å². The van der Waals surface area contributed by atoms with Crippen molar-refractivity contribution in [2.24, 2.45) is 0 Å². The van der Waals surface area contributed by atoms with Gasteiger partial charge in [0, 0.05) is 42.8 Å². The van der Waals surface area contributed by atoms with E-state index in [1.165, 1.54) is 14.2 Å². The number of rotatable bonds is 6. The molecule has 0 fully saturated rings. The molecule has 8 nitrogen and oxygen atoms in total. The second kappa shape index (κ2) is 8.13. The Kier molecular flexibility index (Phi) is 5.46. The number of hydrogen-bond acceptors (Lipinski definition) is 8. The van der Waals surface area contributed by atoms with Crippen LogP contribution in [0.1, 0.15) is 10.4 Å². The Morgan fingerprint density at radius 1 is 1.11 bits per heavy atom. The summed E-state index contributed by atoms with van der Waals surface area (Å²) in [6.07, 6.45) is 3.44. The van der Waals surface area contributed by atoms with E-state index in [1.807, 2.05) is 18.2 Å². The second-order valence-corrected chi connectivity index (χ2v) is 5.49. The summed E-state index contributed by atoms with van der Waals surface area (Å²) >= 11 is 0. The normalized spacial score (nSPS) is 10.2. The maximum absolute atomic E-state index is 11.8. The third-order valence-electron chi connectivity index (χ3n) is 3.79. The summed E-state index contributed by atoms with van der Waals surface area (Å²) < 4.78 is 10.0. The molecule has 1 aromatic carbocycles. The van der Waals surface area contributed by atoms with Crippen LogP contribution in [0.15, 0.2) is 48.8 Å². The molecule has 0 bridgehead atoms. The molecular formula is C19H19N5O3. The van der Waals surface area contributed by atoms with Crippen molar-refractivity contribution in [1.82, 2.24) is 15.0 Å². The first-order valence-corrected chi connectivity index (χ1v) is 8.15. The minimum atomic E-state index is -0.461. The van der Waals surface area contributed by atoms with E-state index in [4.69, 9.17) is 9.47 Å². The summed E-state index contributed by atoms with van der Waals surface area (Å²) in [4.78, 5) is 24.8. The van der Waals surface area contributed by atoms with E-state index in [2.05, 4.69) is 25.6 Å². The molecule has 2 heterocycles. The highest BCUT2D eigenvalue weighted by Crippen LogP contribution is 2.27. The van der Waals surface area contributed by atoms with Gasteiger partial charge in [-0.2, -0.15) is 4.98 Å². The van der Waals surface area contributed by atoms with Gasteiger partial charge >= 0.3 is 5.97 Å². The third kappa shape index (κ3) is 4.12. The number of esters is 1. The summed E-state index contributed by atoms with van der Waals surface area (Å²) in [6, 6.07) is 10.7. The minimum absolute atomic E-state index is 0.347. The Labute approximate surface area is 156 Å². The van der Waals surface area contributed by atoms with Crippen molar-refractivity contribution in [2.45, 2.75) is 0 Å². The fourth-order valence-electron chi connectivity index (χ4n) is 2.48. The van der Waals surface area contributed by atoms with Crippen LogP contribution in [0.25, 0.3) is 11.3 Å². The molecule has 8 heteroatoms. The standard InChI is InChI=1S/C19H19N5O3/c1-20-19-23-15(12-5-4-8-21-11-12)10-17(24-19)22-13-6-7-14(18(25)27-3)16(9-13)26-2/h4-11H,1-3H3,(H2,20,22,23,24). The lowest BCUT2D eigenvalue weighted by Crippen LogP contribution is -2.05. The Balaban J connectivity index is 1.94. The SMILES string of the molecule is CNc1nc(Nc2ccc(C(=O)OC)c(OC)c2)cc(-c2cccnc2)n1. The maximum Gasteiger partial charge on any atom is 0.341 e. The van der Waals surface area contributed by atoms with Gasteiger partial charge in [0.05, 0.1) is 19.9 Å². The molecule has 27 heavy (non-hydrogen) atoms. The zero-order chi connectivity index (χ0) is 19.2. The van der Waals surface area contributed by atoms with Gasteiger partial charge in [0.25, 0.3) is 0 Å². The fraction of sp³-hybridized carbons (Fsp3) is 0.158. The Hall–Kier alpha value is -3.68. The number of aromatic nitrogens is 3. The number of ether oxygens (including phenoxy) is 2. The molecule has 0 spiro atoms. The molecule has 0 atom stereocenters. The predicted molar refractivity (Wildman–Crippen MR) is 102 cm³/mol. The van der Waals surface area contributed by atoms with Gasteiger partial charge in [-0.1, -0.05) is 0 Å². The van der Waals surface area contributed by atoms with E-state index >= 15 is 0 Å². The zero-order valence-corrected chi connectivity index (χ0v) is 15.2. The van der Waals surface area contributed by atoms with E-state index < -0.39 is 5.97 Å². The van der Waals surface area contributed by atoms with Crippen LogP contribution in [0.4, 0.5) is 17.5 Å². The number of nitrogens with zero attached hydrogens (tertiary/aromatic N) is 3. The topological polar surface area (TPSA) is 98.3 Å². The van der Waals surface area contributed by atoms with E-state index in [0.717, 1.165) is 11.3 Å². The number of carbonyl (C=O) groups is 1. The first-order chi connectivity index (χ1) is 13.1. The lowest BCUT2D eigenvalue weighted by molar-refractivity contribution is 0.0597. The van der Waals surface area contributed by atoms with Crippen molar-refractivity contribution in [3.8, 4) is 17.0 Å². The van der Waals surface area contributed by atoms with Crippen LogP contribution in [-0.2, 0) is 4.74 Å². The van der Waals surface area contributed by atoms with Gasteiger partial charge in [0.1, 0.15) is 17.1 Å². The molecule has 0 aliphatic rings. The highest BCUT2D eigenvalue weighted by Gasteiger charge is 2.14. The molecular weight excluding hydrogens is 346 g/mol. The van der Waals surface area contributed by atoms with Gasteiger partial charge in [0.2, 0.25) is 5.95 Å². The molecule has 2 N–H and O–H groups in total. The number of methoxy groups -OCH3 is 2. The number of nitrogens with one attached hydrogen (secondary N) is 2. The van der Waals surface area contributed by atoms with E-state index in [1.54, 1.807) is 37.6 Å². The lowest BCUT2D eigenvalue weighted by atomic mass is 10.1. The van der Waals surface area contributed by atoms with E-state index in [-0.39, 0.29) is 0 Å².